The van der Waals surface area contributed by atoms with Crippen LogP contribution in [-0.2, 0) is 5.41 Å². The normalized spacial score (nSPS) is 13.1. The van der Waals surface area contributed by atoms with E-state index in [0.29, 0.717) is 5.82 Å². The summed E-state index contributed by atoms with van der Waals surface area (Å²) in [6, 6.07) is 59.1. The summed E-state index contributed by atoms with van der Waals surface area (Å²) in [5.41, 5.74) is 16.9. The zero-order chi connectivity index (χ0) is 32.4. The quantitative estimate of drug-likeness (QED) is 0.197. The number of rotatable bonds is 3. The van der Waals surface area contributed by atoms with Crippen LogP contribution in [0.4, 0.5) is 0 Å². The van der Waals surface area contributed by atoms with E-state index in [1.165, 1.54) is 55.6 Å². The highest BCUT2D eigenvalue weighted by Crippen LogP contribution is 2.61. The van der Waals surface area contributed by atoms with E-state index in [1.54, 1.807) is 6.20 Å². The lowest BCUT2D eigenvalue weighted by Gasteiger charge is -2.35. The summed E-state index contributed by atoms with van der Waals surface area (Å²) in [5.74, 6) is 0.654. The van der Waals surface area contributed by atoms with Gasteiger partial charge in [-0.05, 0) is 79.9 Å². The highest BCUT2D eigenvalue weighted by molar-refractivity contribution is 5.97. The van der Waals surface area contributed by atoms with Crippen molar-refractivity contribution in [1.82, 2.24) is 15.0 Å². The second kappa shape index (κ2) is 10.8. The van der Waals surface area contributed by atoms with Crippen molar-refractivity contribution >= 4 is 0 Å². The first-order valence-corrected chi connectivity index (χ1v) is 16.7. The number of hydrogen-bond acceptors (Lipinski definition) is 3. The maximum Gasteiger partial charge on any atom is 0.161 e. The van der Waals surface area contributed by atoms with Gasteiger partial charge in [-0.1, -0.05) is 140 Å². The Kier molecular flexibility index (Phi) is 6.09. The molecule has 1 spiro atoms. The van der Waals surface area contributed by atoms with Gasteiger partial charge in [-0.25, -0.2) is 9.97 Å². The van der Waals surface area contributed by atoms with E-state index in [0.717, 1.165) is 28.1 Å². The minimum absolute atomic E-state index is 0.546. The van der Waals surface area contributed by atoms with Gasteiger partial charge in [0.2, 0.25) is 0 Å². The lowest BCUT2D eigenvalue weighted by molar-refractivity contribution is 0.775. The summed E-state index contributed by atoms with van der Waals surface area (Å²) in [6.45, 7) is 0. The van der Waals surface area contributed by atoms with Crippen LogP contribution in [-0.4, -0.2) is 15.0 Å². The maximum absolute atomic E-state index is 5.21. The van der Waals surface area contributed by atoms with Crippen LogP contribution in [0.15, 0.2) is 176 Å². The van der Waals surface area contributed by atoms with Gasteiger partial charge >= 0.3 is 0 Å². The van der Waals surface area contributed by atoms with Gasteiger partial charge in [0, 0.05) is 29.1 Å². The maximum atomic E-state index is 5.21. The third kappa shape index (κ3) is 4.06. The van der Waals surface area contributed by atoms with Gasteiger partial charge in [-0.2, -0.15) is 0 Å². The highest BCUT2D eigenvalue weighted by atomic mass is 14.9. The molecule has 0 radical (unpaired) electrons. The van der Waals surface area contributed by atoms with Crippen LogP contribution in [0.5, 0.6) is 0 Å². The molecule has 49 heavy (non-hydrogen) atoms. The molecule has 3 nitrogen and oxygen atoms in total. The second-order valence-electron chi connectivity index (χ2n) is 12.8. The number of fused-ring (bicyclic) bond motifs is 12. The van der Waals surface area contributed by atoms with Gasteiger partial charge in [0.05, 0.1) is 16.8 Å². The van der Waals surface area contributed by atoms with Gasteiger partial charge < -0.3 is 0 Å². The fourth-order valence-corrected chi connectivity index (χ4v) is 8.18. The van der Waals surface area contributed by atoms with Gasteiger partial charge in [0.15, 0.2) is 5.82 Å². The number of nitrogens with zero attached hydrogens (tertiary/aromatic N) is 3. The predicted molar refractivity (Wildman–Crippen MR) is 198 cm³/mol. The van der Waals surface area contributed by atoms with Gasteiger partial charge in [-0.3, -0.25) is 4.98 Å². The Labute approximate surface area is 285 Å². The lowest BCUT2D eigenvalue weighted by atomic mass is 9.65. The molecule has 10 rings (SSSR count). The largest absolute Gasteiger partial charge is 0.264 e. The average molecular weight is 624 g/mol. The van der Waals surface area contributed by atoms with Gasteiger partial charge in [0.1, 0.15) is 0 Å². The van der Waals surface area contributed by atoms with Crippen molar-refractivity contribution in [2.75, 3.05) is 0 Å². The fraction of sp³-hybridized carbons (Fsp3) is 0.0217. The summed E-state index contributed by atoms with van der Waals surface area (Å²) in [4.78, 5) is 14.6. The van der Waals surface area contributed by atoms with E-state index < -0.39 is 5.41 Å². The summed E-state index contributed by atoms with van der Waals surface area (Å²) < 4.78 is 0. The van der Waals surface area contributed by atoms with Crippen molar-refractivity contribution in [3.05, 3.63) is 198 Å². The Morgan fingerprint density at radius 1 is 0.347 bits per heavy atom. The molecule has 0 saturated heterocycles. The molecule has 8 aromatic rings. The van der Waals surface area contributed by atoms with Crippen LogP contribution >= 0.6 is 0 Å². The molecule has 2 heterocycles. The average Bonchev–Trinajstić information content (AvgIpc) is 3.43. The van der Waals surface area contributed by atoms with Crippen LogP contribution in [0.1, 0.15) is 22.3 Å². The molecule has 228 valence electrons. The van der Waals surface area contributed by atoms with Crippen LogP contribution in [0.3, 0.4) is 0 Å². The summed E-state index contributed by atoms with van der Waals surface area (Å²) in [7, 11) is 0. The molecule has 0 amide bonds. The number of pyridine rings is 1. The molecule has 0 bridgehead atoms. The Hall–Kier alpha value is -6.45. The predicted octanol–water partition coefficient (Wildman–Crippen LogP) is 10.9. The Bertz CT molecular complexity index is 2450. The topological polar surface area (TPSA) is 38.7 Å². The Morgan fingerprint density at radius 3 is 1.43 bits per heavy atom. The van der Waals surface area contributed by atoms with Crippen molar-refractivity contribution in [2.24, 2.45) is 0 Å². The first-order chi connectivity index (χ1) is 24.3. The van der Waals surface area contributed by atoms with Gasteiger partial charge in [0.25, 0.3) is 0 Å². The van der Waals surface area contributed by atoms with Crippen LogP contribution in [0.25, 0.3) is 67.3 Å². The molecule has 2 aliphatic carbocycles. The smallest absolute Gasteiger partial charge is 0.161 e. The molecule has 0 saturated carbocycles. The molecule has 2 aliphatic rings. The van der Waals surface area contributed by atoms with E-state index in [-0.39, 0.29) is 0 Å². The van der Waals surface area contributed by atoms with Crippen LogP contribution < -0.4 is 0 Å². The van der Waals surface area contributed by atoms with Crippen molar-refractivity contribution in [1.29, 1.82) is 0 Å². The SMILES string of the molecule is c1ccc(-c2cc(-c3ccc4c(c3)C3(c5ccccc5-c5ccccc5-4)c4ccccc4-c4ccccc43)nc(-c3cccnc3)n2)cc1. The van der Waals surface area contributed by atoms with E-state index in [1.807, 2.05) is 24.4 Å². The standard InChI is InChI=1S/C46H29N3/c1-2-13-30(14-3-1)43-28-44(49-45(48-43)32-15-12-26-47-29-32)31-24-25-38-34-17-5-4-16-33(34)35-18-6-9-21-39(35)46(42(38)27-31)40-22-10-7-19-36(40)37-20-8-11-23-41(37)46/h1-29H. The molecule has 0 fully saturated rings. The van der Waals surface area contributed by atoms with Crippen molar-refractivity contribution in [3.8, 4) is 67.3 Å². The minimum Gasteiger partial charge on any atom is -0.264 e. The molecular formula is C46H29N3. The van der Waals surface area contributed by atoms with E-state index in [4.69, 9.17) is 9.97 Å². The van der Waals surface area contributed by atoms with E-state index >= 15 is 0 Å². The molecule has 0 N–H and O–H groups in total. The van der Waals surface area contributed by atoms with E-state index in [2.05, 4.69) is 151 Å². The first-order valence-electron chi connectivity index (χ1n) is 16.7. The zero-order valence-corrected chi connectivity index (χ0v) is 26.6. The van der Waals surface area contributed by atoms with Crippen molar-refractivity contribution in [3.63, 3.8) is 0 Å². The highest BCUT2D eigenvalue weighted by Gasteiger charge is 2.49. The number of hydrogen-bond donors (Lipinski definition) is 0. The Morgan fingerprint density at radius 2 is 0.837 bits per heavy atom. The summed E-state index contributed by atoms with van der Waals surface area (Å²) in [6.07, 6.45) is 3.62. The first kappa shape index (κ1) is 27.6. The monoisotopic (exact) mass is 623 g/mol. The summed E-state index contributed by atoms with van der Waals surface area (Å²) >= 11 is 0. The molecule has 2 aromatic heterocycles. The van der Waals surface area contributed by atoms with Crippen LogP contribution in [0, 0.1) is 0 Å². The number of aromatic nitrogens is 3. The van der Waals surface area contributed by atoms with Crippen molar-refractivity contribution in [2.45, 2.75) is 5.41 Å². The fourth-order valence-electron chi connectivity index (χ4n) is 8.18. The second-order valence-corrected chi connectivity index (χ2v) is 12.8. The molecule has 3 heteroatoms. The molecule has 0 unspecified atom stereocenters. The molecule has 6 aromatic carbocycles. The lowest BCUT2D eigenvalue weighted by Crippen LogP contribution is -2.29. The minimum atomic E-state index is -0.546. The van der Waals surface area contributed by atoms with Crippen LogP contribution in [0.2, 0.25) is 0 Å². The van der Waals surface area contributed by atoms with Gasteiger partial charge in [-0.15, -0.1) is 0 Å². The van der Waals surface area contributed by atoms with E-state index in [9.17, 15) is 0 Å². The molecule has 0 atom stereocenters. The third-order valence-corrected chi connectivity index (χ3v) is 10.2. The molecule has 0 aliphatic heterocycles. The molecular weight excluding hydrogens is 595 g/mol. The Balaban J connectivity index is 1.32. The van der Waals surface area contributed by atoms with Crippen molar-refractivity contribution < 1.29 is 0 Å². The summed E-state index contributed by atoms with van der Waals surface area (Å²) in [5, 5.41) is 0. The number of benzene rings is 6. The zero-order valence-electron chi connectivity index (χ0n) is 26.6. The third-order valence-electron chi connectivity index (χ3n) is 10.2.